The summed E-state index contributed by atoms with van der Waals surface area (Å²) in [4.78, 5) is 34.8. The van der Waals surface area contributed by atoms with Crippen LogP contribution in [-0.4, -0.2) is 29.8 Å². The minimum atomic E-state index is -0.712. The van der Waals surface area contributed by atoms with Crippen LogP contribution in [0, 0.1) is 11.8 Å². The number of carbonyl (C=O) groups excluding carboxylic acids is 3. The van der Waals surface area contributed by atoms with E-state index in [-0.39, 0.29) is 23.7 Å². The van der Waals surface area contributed by atoms with Crippen LogP contribution in [0.5, 0.6) is 0 Å². The fraction of sp³-hybridized carbons (Fsp3) is 0.786. The molecule has 116 valence electrons. The molecule has 0 unspecified atom stereocenters. The Morgan fingerprint density at radius 3 is 2.00 bits per heavy atom. The monoisotopic (exact) mass is 285 g/mol. The molecule has 0 saturated heterocycles. The highest BCUT2D eigenvalue weighted by Gasteiger charge is 2.28. The second kappa shape index (κ2) is 8.55. The first-order chi connectivity index (χ1) is 9.18. The normalized spacial score (nSPS) is 15.3. The Hall–Kier alpha value is -1.59. The molecule has 20 heavy (non-hydrogen) atoms. The molecule has 0 fully saturated rings. The number of carbonyl (C=O) groups is 3. The third-order valence-electron chi connectivity index (χ3n) is 3.22. The summed E-state index contributed by atoms with van der Waals surface area (Å²) >= 11 is 0. The van der Waals surface area contributed by atoms with E-state index in [4.69, 9.17) is 5.73 Å². The first kappa shape index (κ1) is 18.4. The predicted molar refractivity (Wildman–Crippen MR) is 77.6 cm³/mol. The van der Waals surface area contributed by atoms with Gasteiger partial charge in [0.05, 0.1) is 0 Å². The van der Waals surface area contributed by atoms with Crippen LogP contribution in [0.3, 0.4) is 0 Å². The Labute approximate surface area is 120 Å². The minimum Gasteiger partial charge on any atom is -0.368 e. The minimum absolute atomic E-state index is 0.0477. The molecule has 6 nitrogen and oxygen atoms in total. The summed E-state index contributed by atoms with van der Waals surface area (Å²) in [6.45, 7) is 9.06. The molecular weight excluding hydrogens is 258 g/mol. The maximum absolute atomic E-state index is 12.2. The molecular formula is C14H27N3O3. The van der Waals surface area contributed by atoms with Gasteiger partial charge in [0.1, 0.15) is 12.1 Å². The number of hydrogen-bond donors (Lipinski definition) is 3. The summed E-state index contributed by atoms with van der Waals surface area (Å²) in [5, 5.41) is 5.26. The van der Waals surface area contributed by atoms with Crippen molar-refractivity contribution in [2.75, 3.05) is 0 Å². The van der Waals surface area contributed by atoms with E-state index >= 15 is 0 Å². The largest absolute Gasteiger partial charge is 0.368 e. The lowest BCUT2D eigenvalue weighted by Crippen LogP contribution is -2.55. The number of nitrogens with one attached hydrogen (secondary N) is 2. The average Bonchev–Trinajstić information content (AvgIpc) is 2.32. The van der Waals surface area contributed by atoms with E-state index in [1.54, 1.807) is 0 Å². The quantitative estimate of drug-likeness (QED) is 0.607. The van der Waals surface area contributed by atoms with E-state index in [1.807, 2.05) is 27.7 Å². The lowest BCUT2D eigenvalue weighted by atomic mass is 9.97. The van der Waals surface area contributed by atoms with E-state index in [9.17, 15) is 14.4 Å². The average molecular weight is 285 g/mol. The summed E-state index contributed by atoms with van der Waals surface area (Å²) in [5.41, 5.74) is 5.32. The smallest absolute Gasteiger partial charge is 0.243 e. The van der Waals surface area contributed by atoms with E-state index in [0.717, 1.165) is 6.42 Å². The van der Waals surface area contributed by atoms with Gasteiger partial charge in [-0.3, -0.25) is 14.4 Å². The molecule has 3 atom stereocenters. The van der Waals surface area contributed by atoms with E-state index in [2.05, 4.69) is 10.6 Å². The van der Waals surface area contributed by atoms with Crippen molar-refractivity contribution in [3.63, 3.8) is 0 Å². The molecule has 0 radical (unpaired) electrons. The first-order valence-electron chi connectivity index (χ1n) is 7.05. The third kappa shape index (κ3) is 6.54. The van der Waals surface area contributed by atoms with Crippen LogP contribution in [0.15, 0.2) is 0 Å². The maximum atomic E-state index is 12.2. The van der Waals surface area contributed by atoms with Gasteiger partial charge >= 0.3 is 0 Å². The zero-order valence-electron chi connectivity index (χ0n) is 13.0. The molecule has 6 heteroatoms. The van der Waals surface area contributed by atoms with Crippen molar-refractivity contribution in [2.45, 2.75) is 59.5 Å². The van der Waals surface area contributed by atoms with Crippen LogP contribution in [0.25, 0.3) is 0 Å². The van der Waals surface area contributed by atoms with Crippen LogP contribution in [0.2, 0.25) is 0 Å². The van der Waals surface area contributed by atoms with Crippen LogP contribution in [0.1, 0.15) is 47.5 Å². The summed E-state index contributed by atoms with van der Waals surface area (Å²) in [5.74, 6) is -0.997. The van der Waals surface area contributed by atoms with Crippen LogP contribution in [-0.2, 0) is 14.4 Å². The zero-order valence-corrected chi connectivity index (χ0v) is 13.0. The molecule has 0 bridgehead atoms. The molecule has 0 aromatic heterocycles. The summed E-state index contributed by atoms with van der Waals surface area (Å²) < 4.78 is 0. The van der Waals surface area contributed by atoms with Crippen molar-refractivity contribution in [1.82, 2.24) is 10.6 Å². The van der Waals surface area contributed by atoms with Gasteiger partial charge in [0.25, 0.3) is 0 Å². The molecule has 0 spiro atoms. The van der Waals surface area contributed by atoms with E-state index in [1.165, 1.54) is 6.92 Å². The molecule has 0 aromatic rings. The van der Waals surface area contributed by atoms with Crippen molar-refractivity contribution < 1.29 is 14.4 Å². The van der Waals surface area contributed by atoms with Gasteiger partial charge in [-0.15, -0.1) is 0 Å². The molecule has 0 rings (SSSR count). The lowest BCUT2D eigenvalue weighted by Gasteiger charge is -2.25. The third-order valence-corrected chi connectivity index (χ3v) is 3.22. The van der Waals surface area contributed by atoms with Gasteiger partial charge in [-0.05, 0) is 18.3 Å². The standard InChI is InChI=1S/C14H27N3O3/c1-6-9(4)12(13(15)19)17-14(20)11(7-8(2)3)16-10(5)18/h8-9,11-12H,6-7H2,1-5H3,(H2,15,19)(H,16,18)(H,17,20)/t9-,11-,12-/m0/s1. The first-order valence-corrected chi connectivity index (χ1v) is 7.05. The van der Waals surface area contributed by atoms with Gasteiger partial charge in [0.15, 0.2) is 0 Å². The fourth-order valence-electron chi connectivity index (χ4n) is 1.93. The number of hydrogen-bond acceptors (Lipinski definition) is 3. The summed E-state index contributed by atoms with van der Waals surface area (Å²) in [6.07, 6.45) is 1.24. The molecule has 4 N–H and O–H groups in total. The number of rotatable bonds is 8. The molecule has 3 amide bonds. The van der Waals surface area contributed by atoms with Crippen molar-refractivity contribution in [3.05, 3.63) is 0 Å². The van der Waals surface area contributed by atoms with Crippen molar-refractivity contribution >= 4 is 17.7 Å². The second-order valence-corrected chi connectivity index (χ2v) is 5.66. The highest BCUT2D eigenvalue weighted by Crippen LogP contribution is 2.10. The predicted octanol–water partition coefficient (Wildman–Crippen LogP) is 0.553. The Bertz CT molecular complexity index is 356. The molecule has 0 heterocycles. The Balaban J connectivity index is 4.86. The van der Waals surface area contributed by atoms with Gasteiger partial charge in [0, 0.05) is 6.92 Å². The SMILES string of the molecule is CC[C@H](C)[C@H](NC(=O)[C@H](CC(C)C)NC(C)=O)C(N)=O. The lowest BCUT2D eigenvalue weighted by molar-refractivity contribution is -0.131. The number of amides is 3. The maximum Gasteiger partial charge on any atom is 0.243 e. The van der Waals surface area contributed by atoms with Crippen molar-refractivity contribution in [2.24, 2.45) is 17.6 Å². The van der Waals surface area contributed by atoms with Crippen LogP contribution in [0.4, 0.5) is 0 Å². The Kier molecular flexibility index (Phi) is 7.87. The second-order valence-electron chi connectivity index (χ2n) is 5.66. The highest BCUT2D eigenvalue weighted by atomic mass is 16.2. The van der Waals surface area contributed by atoms with Crippen LogP contribution < -0.4 is 16.4 Å². The Morgan fingerprint density at radius 1 is 1.10 bits per heavy atom. The van der Waals surface area contributed by atoms with Gasteiger partial charge in [-0.1, -0.05) is 34.1 Å². The molecule has 0 saturated carbocycles. The fourth-order valence-corrected chi connectivity index (χ4v) is 1.93. The molecule has 0 aromatic carbocycles. The van der Waals surface area contributed by atoms with Gasteiger partial charge in [0.2, 0.25) is 17.7 Å². The van der Waals surface area contributed by atoms with Gasteiger partial charge in [-0.25, -0.2) is 0 Å². The van der Waals surface area contributed by atoms with Crippen molar-refractivity contribution in [3.8, 4) is 0 Å². The Morgan fingerprint density at radius 2 is 1.65 bits per heavy atom. The molecule has 0 aliphatic rings. The topological polar surface area (TPSA) is 101 Å². The van der Waals surface area contributed by atoms with Crippen LogP contribution >= 0.6 is 0 Å². The van der Waals surface area contributed by atoms with Crippen molar-refractivity contribution in [1.29, 1.82) is 0 Å². The summed E-state index contributed by atoms with van der Waals surface area (Å²) in [7, 11) is 0. The van der Waals surface area contributed by atoms with Gasteiger partial charge in [-0.2, -0.15) is 0 Å². The highest BCUT2D eigenvalue weighted by molar-refractivity contribution is 5.91. The summed E-state index contributed by atoms with van der Waals surface area (Å²) in [6, 6.07) is -1.35. The van der Waals surface area contributed by atoms with Gasteiger partial charge < -0.3 is 16.4 Å². The molecule has 0 aliphatic carbocycles. The van der Waals surface area contributed by atoms with E-state index < -0.39 is 18.0 Å². The molecule has 0 aliphatic heterocycles. The zero-order chi connectivity index (χ0) is 15.9. The van der Waals surface area contributed by atoms with E-state index in [0.29, 0.717) is 6.42 Å². The number of primary amides is 1. The number of nitrogens with two attached hydrogens (primary N) is 1.